The topological polar surface area (TPSA) is 635 Å². The number of carbonyl (C=O) groups excluding carboxylic acids is 17. The van der Waals surface area contributed by atoms with Gasteiger partial charge in [0.2, 0.25) is 100 Å². The number of primary amides is 2. The Morgan fingerprint density at radius 1 is 0.560 bits per heavy atom. The molecule has 0 bridgehead atoms. The van der Waals surface area contributed by atoms with Crippen molar-refractivity contribution >= 4 is 135 Å². The number of ether oxygens (including phenoxy) is 2. The Morgan fingerprint density at radius 2 is 1.13 bits per heavy atom. The molecule has 10 atom stereocenters. The molecule has 3 rings (SSSR count). The van der Waals surface area contributed by atoms with Crippen molar-refractivity contribution in [2.75, 3.05) is 110 Å². The van der Waals surface area contributed by atoms with Crippen molar-refractivity contribution in [2.45, 2.75) is 160 Å². The van der Waals surface area contributed by atoms with E-state index in [0.717, 1.165) is 11.8 Å². The van der Waals surface area contributed by atoms with E-state index in [4.69, 9.17) is 26.7 Å². The molecule has 1 aromatic carbocycles. The third-order valence-electron chi connectivity index (χ3n) is 17.0. The molecule has 42 nitrogen and oxygen atoms in total. The summed E-state index contributed by atoms with van der Waals surface area (Å²) in [5, 5.41) is 48.4. The number of fused-ring (bicyclic) bond motifs is 1. The van der Waals surface area contributed by atoms with E-state index in [2.05, 4.69) is 94.7 Å². The highest BCUT2D eigenvalue weighted by atomic mass is 32.2. The zero-order chi connectivity index (χ0) is 86.4. The third kappa shape index (κ3) is 39.7. The Bertz CT molecular complexity index is 3740. The number of para-hydroxylation sites is 1. The first-order valence-corrected chi connectivity index (χ1v) is 40.2. The second-order valence-corrected chi connectivity index (χ2v) is 30.0. The minimum absolute atomic E-state index is 0.0415. The van der Waals surface area contributed by atoms with Crippen LogP contribution in [0.25, 0.3) is 10.9 Å². The van der Waals surface area contributed by atoms with Gasteiger partial charge in [-0.1, -0.05) is 45.9 Å². The fourth-order valence-electron chi connectivity index (χ4n) is 10.9. The maximum Gasteiger partial charge on any atom is 0.246 e. The van der Waals surface area contributed by atoms with Gasteiger partial charge in [-0.15, -0.1) is 11.8 Å². The minimum Gasteiger partial charge on any atom is -0.394 e. The number of aliphatic hydroxyl groups is 1. The molecular formula is C72H116N22O20S2. The number of carbonyl (C=O) groups is 17. The molecule has 0 saturated carbocycles. The van der Waals surface area contributed by atoms with Crippen molar-refractivity contribution in [2.24, 2.45) is 29.0 Å². The fraction of sp³-hybridized carbons (Fsp3) is 0.611. The van der Waals surface area contributed by atoms with Crippen LogP contribution in [0.1, 0.15) is 97.7 Å². The lowest BCUT2D eigenvalue weighted by Gasteiger charge is -2.26. The van der Waals surface area contributed by atoms with Crippen molar-refractivity contribution < 1.29 is 96.1 Å². The third-order valence-corrected chi connectivity index (χ3v) is 18.5. The molecule has 0 aliphatic carbocycles. The van der Waals surface area contributed by atoms with Gasteiger partial charge in [-0.25, -0.2) is 4.98 Å². The van der Waals surface area contributed by atoms with Gasteiger partial charge in [0.25, 0.3) is 0 Å². The van der Waals surface area contributed by atoms with Crippen LogP contribution < -0.4 is 97.0 Å². The minimum atomic E-state index is -1.53. The number of aromatic amines is 2. The molecule has 0 spiro atoms. The van der Waals surface area contributed by atoms with E-state index < -0.39 is 200 Å². The summed E-state index contributed by atoms with van der Waals surface area (Å²) < 4.78 is 10.9. The number of aliphatic hydroxyl groups excluding tert-OH is 1. The maximum atomic E-state index is 14.4. The second-order valence-electron chi connectivity index (χ2n) is 28.0. The van der Waals surface area contributed by atoms with Crippen molar-refractivity contribution in [3.8, 4) is 0 Å². The number of rotatable bonds is 58. The summed E-state index contributed by atoms with van der Waals surface area (Å²) in [4.78, 5) is 236. The van der Waals surface area contributed by atoms with Gasteiger partial charge in [0, 0.05) is 67.5 Å². The summed E-state index contributed by atoms with van der Waals surface area (Å²) in [6.45, 7) is 5.98. The van der Waals surface area contributed by atoms with Gasteiger partial charge in [0.05, 0.1) is 64.8 Å². The summed E-state index contributed by atoms with van der Waals surface area (Å²) >= 11 is 2.51. The van der Waals surface area contributed by atoms with Gasteiger partial charge >= 0.3 is 0 Å². The van der Waals surface area contributed by atoms with Crippen LogP contribution in [-0.2, 0) is 104 Å². The number of imidazole rings is 1. The summed E-state index contributed by atoms with van der Waals surface area (Å²) in [7, 11) is 3.24. The lowest BCUT2D eigenvalue weighted by atomic mass is 10.0. The number of thioether (sulfide) groups is 2. The highest BCUT2D eigenvalue weighted by molar-refractivity contribution is 7.99. The quantitative estimate of drug-likeness (QED) is 0.0184. The number of benzene rings is 1. The van der Waals surface area contributed by atoms with E-state index in [9.17, 15) is 86.6 Å². The van der Waals surface area contributed by atoms with Crippen LogP contribution >= 0.6 is 23.5 Å². The Kier molecular flexibility index (Phi) is 46.7. The molecular weight excluding hydrogens is 1560 g/mol. The molecule has 646 valence electrons. The van der Waals surface area contributed by atoms with E-state index in [-0.39, 0.29) is 94.9 Å². The zero-order valence-electron chi connectivity index (χ0n) is 66.9. The van der Waals surface area contributed by atoms with Crippen LogP contribution in [0.3, 0.4) is 0 Å². The number of nitrogens with two attached hydrogens (primary N) is 3. The van der Waals surface area contributed by atoms with Crippen LogP contribution in [0.4, 0.5) is 0 Å². The highest BCUT2D eigenvalue weighted by Crippen LogP contribution is 2.20. The molecule has 0 radical (unpaired) electrons. The van der Waals surface area contributed by atoms with E-state index >= 15 is 0 Å². The van der Waals surface area contributed by atoms with Crippen molar-refractivity contribution in [1.29, 1.82) is 0 Å². The monoisotopic (exact) mass is 1670 g/mol. The largest absolute Gasteiger partial charge is 0.394 e. The SMILES string of the molecule is CSCC[C@H](NC(=O)[C@H](CC(C)C)NC(=O)[C@H](Cc1cnc[nH]1)NC(=O)CNC(=O)[C@@H](NC(=O)[C@H](C)NC(=O)[C@H](Cc1c[nH]c2ccccc12)NC(=O)[C@H](CCC(N)=O)NC(=O)CNC(=O)COCCOCCNC(=O)[C@H](CCCCN)NC(=O)CNC(=O)[C@H](CSCNC(C)=O)NC(=O)[C@H](CO)NC(=O)CN(C)C)C(C)C)C(N)=O. The van der Waals surface area contributed by atoms with Crippen molar-refractivity contribution in [3.05, 3.63) is 54.2 Å². The predicted octanol–water partition coefficient (Wildman–Crippen LogP) is -7.24. The number of nitrogens with zero attached hydrogens (tertiary/aromatic N) is 2. The van der Waals surface area contributed by atoms with Crippen LogP contribution in [0.2, 0.25) is 0 Å². The number of H-pyrrole nitrogens is 2. The van der Waals surface area contributed by atoms with Gasteiger partial charge < -0.3 is 126 Å². The standard InChI is InChI=1S/C72H116N22O20S2/c1-40(2)26-51(69(109)89-48(63(75)103)19-25-115-9)90-70(110)53(28-45-30-76-38-82-45)87-59(100)33-81-72(112)62(41(3)4)93-64(104)42(5)84-68(108)52(27-44-29-78-47-15-11-10-14-46(44)47)91-67(107)50(17-18-56(74)97)86-57(98)31-79-61(102)36-114-24-23-113-22-21-77-65(105)49(16-12-13-20-73)85-58(99)32-80-66(106)55(37-116-39-83-43(6)96)92-71(111)54(35-95)88-60(101)34-94(7)8/h10-11,14-15,29-30,38,40-42,48-55,62,78,95H,12-13,16-28,31-37,39,73H2,1-9H3,(H2,74,97)(H2,75,103)(H,76,82)(H,77,105)(H,79,102)(H,80,106)(H,81,112)(H,83,96)(H,84,108)(H,85,99)(H,86,98)(H,87,100)(H,88,101)(H,89,109)(H,90,110)(H,91,107)(H,92,111)(H,93,104)/t42-,48-,49-,50-,51-,52-,53-,54-,55-,62-/m0/s1. The highest BCUT2D eigenvalue weighted by Gasteiger charge is 2.35. The molecule has 44 heteroatoms. The summed E-state index contributed by atoms with van der Waals surface area (Å²) in [6.07, 6.45) is 6.62. The number of hydrogen-bond acceptors (Lipinski definition) is 25. The molecule has 0 unspecified atom stereocenters. The van der Waals surface area contributed by atoms with Crippen LogP contribution in [0.15, 0.2) is 43.0 Å². The number of aromatic nitrogens is 3. The van der Waals surface area contributed by atoms with Gasteiger partial charge in [-0.05, 0) is 102 Å². The molecule has 3 aromatic rings. The van der Waals surface area contributed by atoms with Crippen LogP contribution in [0.5, 0.6) is 0 Å². The molecule has 24 N–H and O–H groups in total. The molecule has 2 aromatic heterocycles. The first-order valence-electron chi connectivity index (χ1n) is 37.7. The van der Waals surface area contributed by atoms with Crippen LogP contribution in [-0.4, -0.2) is 296 Å². The van der Waals surface area contributed by atoms with E-state index in [1.807, 2.05) is 20.1 Å². The number of likely N-dealkylation sites (N-methyl/N-ethyl adjacent to an activating group) is 1. The van der Waals surface area contributed by atoms with Gasteiger partial charge in [0.15, 0.2) is 0 Å². The number of hydrogen-bond donors (Lipinski definition) is 21. The van der Waals surface area contributed by atoms with E-state index in [0.29, 0.717) is 47.3 Å². The van der Waals surface area contributed by atoms with Crippen molar-refractivity contribution in [1.82, 2.24) is 99.6 Å². The van der Waals surface area contributed by atoms with E-state index in [1.165, 1.54) is 43.0 Å². The predicted molar refractivity (Wildman–Crippen MR) is 428 cm³/mol. The van der Waals surface area contributed by atoms with Gasteiger partial charge in [-0.2, -0.15) is 11.8 Å². The summed E-state index contributed by atoms with van der Waals surface area (Å²) in [6, 6.07) is -5.94. The number of amides is 17. The van der Waals surface area contributed by atoms with Crippen molar-refractivity contribution in [3.63, 3.8) is 0 Å². The lowest BCUT2D eigenvalue weighted by Crippen LogP contribution is -2.59. The molecule has 0 aliphatic heterocycles. The summed E-state index contributed by atoms with van der Waals surface area (Å²) in [5.74, 6) is -13.4. The zero-order valence-corrected chi connectivity index (χ0v) is 68.5. The van der Waals surface area contributed by atoms with E-state index in [1.54, 1.807) is 58.4 Å². The maximum absolute atomic E-state index is 14.4. The second kappa shape index (κ2) is 54.3. The first kappa shape index (κ1) is 99.7. The number of nitrogens with one attached hydrogen (secondary N) is 17. The Balaban J connectivity index is 1.60. The normalized spacial score (nSPS) is 13.7. The van der Waals surface area contributed by atoms with Gasteiger partial charge in [0.1, 0.15) is 67.0 Å². The average Bonchev–Trinajstić information content (AvgIpc) is 1.65. The summed E-state index contributed by atoms with van der Waals surface area (Å²) in [5.41, 5.74) is 18.3. The molecule has 116 heavy (non-hydrogen) atoms. The fourth-order valence-corrected chi connectivity index (χ4v) is 12.3. The number of unbranched alkanes of at least 4 members (excludes halogenated alkanes) is 1. The smallest absolute Gasteiger partial charge is 0.246 e. The molecule has 2 heterocycles. The molecule has 0 aliphatic rings. The van der Waals surface area contributed by atoms with Gasteiger partial charge in [-0.3, -0.25) is 81.5 Å². The molecule has 0 fully saturated rings. The Hall–Kier alpha value is -10.5. The Labute approximate surface area is 680 Å². The van der Waals surface area contributed by atoms with Crippen LogP contribution in [0, 0.1) is 11.8 Å². The lowest BCUT2D eigenvalue weighted by molar-refractivity contribution is -0.135. The molecule has 17 amide bonds. The molecule has 0 saturated heterocycles. The Morgan fingerprint density at radius 3 is 1.74 bits per heavy atom. The average molecular weight is 1670 g/mol. The first-order chi connectivity index (χ1) is 55.0.